The molecular weight excluding hydrogens is 372 g/mol. The van der Waals surface area contributed by atoms with E-state index in [1.807, 2.05) is 6.92 Å². The van der Waals surface area contributed by atoms with Crippen LogP contribution in [-0.2, 0) is 18.3 Å². The van der Waals surface area contributed by atoms with Crippen LogP contribution in [0.5, 0.6) is 0 Å². The van der Waals surface area contributed by atoms with Gasteiger partial charge in [-0.25, -0.2) is 0 Å². The van der Waals surface area contributed by atoms with E-state index in [1.165, 1.54) is 0 Å². The first-order chi connectivity index (χ1) is 13.2. The third-order valence-electron chi connectivity index (χ3n) is 4.95. The Hall–Kier alpha value is 0.0169. The lowest BCUT2D eigenvalue weighted by Gasteiger charge is -2.36. The molecule has 0 amide bonds. The summed E-state index contributed by atoms with van der Waals surface area (Å²) >= 11 is 0. The molecule has 0 aliphatic heterocycles. The fraction of sp³-hybridized carbons (Fsp3) is 1.00. The van der Waals surface area contributed by atoms with Gasteiger partial charge in [-0.15, -0.1) is 0 Å². The van der Waals surface area contributed by atoms with Crippen LogP contribution in [0, 0.1) is 23.7 Å². The number of hydrogen-bond donors (Lipinski definition) is 1. The van der Waals surface area contributed by atoms with E-state index in [1.54, 1.807) is 0 Å². The lowest BCUT2D eigenvalue weighted by atomic mass is 9.83. The van der Waals surface area contributed by atoms with Crippen LogP contribution in [0.3, 0.4) is 0 Å². The molecule has 1 saturated carbocycles. The van der Waals surface area contributed by atoms with Gasteiger partial charge in [0.05, 0.1) is 17.9 Å². The molecule has 0 aromatic rings. The largest absolute Gasteiger partial charge is 0.395 e. The third kappa shape index (κ3) is 10.7. The van der Waals surface area contributed by atoms with Gasteiger partial charge in [-0.05, 0) is 56.3 Å². The second kappa shape index (κ2) is 14.1. The van der Waals surface area contributed by atoms with E-state index in [9.17, 15) is 5.11 Å². The molecule has 0 aromatic carbocycles. The van der Waals surface area contributed by atoms with Crippen molar-refractivity contribution in [2.45, 2.75) is 92.1 Å². The summed E-state index contributed by atoms with van der Waals surface area (Å²) in [5.74, 6) is 1.93. The maximum absolute atomic E-state index is 10.3. The molecule has 6 heteroatoms. The maximum Gasteiger partial charge on any atom is 0.351 e. The molecule has 0 saturated heterocycles. The fourth-order valence-corrected chi connectivity index (χ4v) is 6.17. The molecule has 5 nitrogen and oxygen atoms in total. The summed E-state index contributed by atoms with van der Waals surface area (Å²) in [4.78, 5) is 0. The molecule has 28 heavy (non-hydrogen) atoms. The molecule has 1 aliphatic carbocycles. The summed E-state index contributed by atoms with van der Waals surface area (Å²) < 4.78 is 24.6. The number of hydrogen-bond acceptors (Lipinski definition) is 5. The van der Waals surface area contributed by atoms with Crippen molar-refractivity contribution in [1.82, 2.24) is 0 Å². The third-order valence-corrected chi connectivity index (χ3v) is 7.06. The molecule has 0 bridgehead atoms. The van der Waals surface area contributed by atoms with E-state index < -0.39 is 9.28 Å². The van der Waals surface area contributed by atoms with Gasteiger partial charge in [-0.2, -0.15) is 0 Å². The molecule has 1 N–H and O–H groups in total. The normalized spacial score (nSPS) is 24.6. The van der Waals surface area contributed by atoms with Gasteiger partial charge >= 0.3 is 9.28 Å². The van der Waals surface area contributed by atoms with Crippen LogP contribution in [0.4, 0.5) is 0 Å². The SMILES string of the molecule is CCOC(CC1CCC(O)C(OCC(C)C)C1)[SiH](OCC(C)C)OCC(C)C. The van der Waals surface area contributed by atoms with Crippen molar-refractivity contribution in [3.05, 3.63) is 0 Å². The molecule has 0 aromatic heterocycles. The van der Waals surface area contributed by atoms with Crippen molar-refractivity contribution in [2.75, 3.05) is 26.4 Å². The molecule has 4 unspecified atom stereocenters. The van der Waals surface area contributed by atoms with Crippen LogP contribution in [0.15, 0.2) is 0 Å². The predicted molar refractivity (Wildman–Crippen MR) is 117 cm³/mol. The van der Waals surface area contributed by atoms with Crippen LogP contribution < -0.4 is 0 Å². The molecule has 0 spiro atoms. The van der Waals surface area contributed by atoms with E-state index in [-0.39, 0.29) is 17.9 Å². The monoisotopic (exact) mass is 418 g/mol. The second-order valence-electron chi connectivity index (χ2n) is 9.56. The maximum atomic E-state index is 10.3. The molecule has 1 rings (SSSR count). The van der Waals surface area contributed by atoms with E-state index in [2.05, 4.69) is 41.5 Å². The molecule has 4 atom stereocenters. The van der Waals surface area contributed by atoms with Gasteiger partial charge in [0.15, 0.2) is 0 Å². The summed E-state index contributed by atoms with van der Waals surface area (Å²) in [6.07, 6.45) is 3.25. The smallest absolute Gasteiger partial charge is 0.351 e. The minimum Gasteiger partial charge on any atom is -0.395 e. The van der Waals surface area contributed by atoms with Crippen molar-refractivity contribution in [2.24, 2.45) is 23.7 Å². The van der Waals surface area contributed by atoms with Crippen LogP contribution in [-0.4, -0.2) is 58.8 Å². The summed E-state index contributed by atoms with van der Waals surface area (Å²) in [5, 5.41) is 10.3. The zero-order valence-corrected chi connectivity index (χ0v) is 20.5. The number of aliphatic hydroxyl groups excluding tert-OH is 1. The molecule has 1 fully saturated rings. The lowest BCUT2D eigenvalue weighted by Crippen LogP contribution is -2.44. The zero-order valence-electron chi connectivity index (χ0n) is 19.4. The number of aliphatic hydroxyl groups is 1. The summed E-state index contributed by atoms with van der Waals surface area (Å²) in [6, 6.07) is 0. The van der Waals surface area contributed by atoms with Crippen molar-refractivity contribution in [3.8, 4) is 0 Å². The van der Waals surface area contributed by atoms with Crippen LogP contribution in [0.2, 0.25) is 0 Å². The van der Waals surface area contributed by atoms with E-state index in [4.69, 9.17) is 18.3 Å². The van der Waals surface area contributed by atoms with Gasteiger partial charge in [0.1, 0.15) is 0 Å². The van der Waals surface area contributed by atoms with E-state index in [0.717, 1.165) is 38.9 Å². The van der Waals surface area contributed by atoms with Crippen LogP contribution in [0.1, 0.15) is 74.1 Å². The molecule has 1 aliphatic rings. The van der Waals surface area contributed by atoms with E-state index in [0.29, 0.717) is 36.9 Å². The van der Waals surface area contributed by atoms with Crippen molar-refractivity contribution in [1.29, 1.82) is 0 Å². The highest BCUT2D eigenvalue weighted by atomic mass is 28.3. The topological polar surface area (TPSA) is 57.2 Å². The van der Waals surface area contributed by atoms with Crippen LogP contribution in [0.25, 0.3) is 0 Å². The first kappa shape index (κ1) is 26.1. The van der Waals surface area contributed by atoms with Gasteiger partial charge in [0, 0.05) is 26.4 Å². The molecule has 0 heterocycles. The Morgan fingerprint density at radius 2 is 1.46 bits per heavy atom. The Labute approximate surface area is 175 Å². The standard InChI is InChI=1S/C22H46O5Si/c1-8-24-22(28(26-14-17(4)5)27-15-18(6)7)12-19-9-10-20(23)21(11-19)25-13-16(2)3/h16-23,28H,8-15H2,1-7H3. The van der Waals surface area contributed by atoms with Gasteiger partial charge in [0.25, 0.3) is 0 Å². The minimum absolute atomic E-state index is 0.0495. The Balaban J connectivity index is 2.71. The second-order valence-corrected chi connectivity index (χ2v) is 11.7. The van der Waals surface area contributed by atoms with Crippen molar-refractivity contribution >= 4 is 9.28 Å². The van der Waals surface area contributed by atoms with Crippen molar-refractivity contribution < 1.29 is 23.4 Å². The van der Waals surface area contributed by atoms with Gasteiger partial charge in [-0.3, -0.25) is 0 Å². The van der Waals surface area contributed by atoms with Gasteiger partial charge in [0.2, 0.25) is 0 Å². The lowest BCUT2D eigenvalue weighted by molar-refractivity contribution is -0.0827. The average molecular weight is 419 g/mol. The summed E-state index contributed by atoms with van der Waals surface area (Å²) in [6.45, 7) is 17.8. The zero-order chi connectivity index (χ0) is 21.1. The Morgan fingerprint density at radius 1 is 0.893 bits per heavy atom. The predicted octanol–water partition coefficient (Wildman–Crippen LogP) is 4.09. The highest BCUT2D eigenvalue weighted by Gasteiger charge is 2.35. The number of ether oxygens (including phenoxy) is 2. The quantitative estimate of drug-likeness (QED) is 0.431. The highest BCUT2D eigenvalue weighted by Crippen LogP contribution is 2.31. The average Bonchev–Trinajstić information content (AvgIpc) is 2.61. The fourth-order valence-electron chi connectivity index (χ4n) is 3.54. The summed E-state index contributed by atoms with van der Waals surface area (Å²) in [7, 11) is -1.94. The minimum atomic E-state index is -1.94. The van der Waals surface area contributed by atoms with E-state index >= 15 is 0 Å². The first-order valence-electron chi connectivity index (χ1n) is 11.4. The Morgan fingerprint density at radius 3 is 1.96 bits per heavy atom. The highest BCUT2D eigenvalue weighted by molar-refractivity contribution is 6.46. The van der Waals surface area contributed by atoms with Gasteiger partial charge in [-0.1, -0.05) is 41.5 Å². The Bertz CT molecular complexity index is 379. The van der Waals surface area contributed by atoms with Crippen molar-refractivity contribution in [3.63, 3.8) is 0 Å². The molecule has 168 valence electrons. The summed E-state index contributed by atoms with van der Waals surface area (Å²) in [5.41, 5.74) is 0.0495. The van der Waals surface area contributed by atoms with Gasteiger partial charge < -0.3 is 23.4 Å². The first-order valence-corrected chi connectivity index (χ1v) is 13.0. The Kier molecular flexibility index (Phi) is 13.1. The molecule has 0 radical (unpaired) electrons. The molecular formula is C22H46O5Si. The van der Waals surface area contributed by atoms with Crippen LogP contribution >= 0.6 is 0 Å². The number of rotatable bonds is 14.